The number of carbonyl (C=O) groups excluding carboxylic acids is 1. The maximum Gasteiger partial charge on any atom is 0.184 e. The Morgan fingerprint density at radius 3 is 1.94 bits per heavy atom. The second kappa shape index (κ2) is 6.58. The van der Waals surface area contributed by atoms with Gasteiger partial charge in [-0.1, -0.05) is 45.1 Å². The summed E-state index contributed by atoms with van der Waals surface area (Å²) in [6.45, 7) is 16.0. The fourth-order valence-corrected chi connectivity index (χ4v) is 1.34. The lowest BCUT2D eigenvalue weighted by Crippen LogP contribution is -2.17. The molecule has 0 aliphatic carbocycles. The van der Waals surface area contributed by atoms with Gasteiger partial charge < -0.3 is 0 Å². The van der Waals surface area contributed by atoms with Crippen LogP contribution in [0.25, 0.3) is 0 Å². The highest BCUT2D eigenvalue weighted by atomic mass is 16.1. The van der Waals surface area contributed by atoms with Crippen LogP contribution in [-0.4, -0.2) is 5.78 Å². The molecular weight excluding hydrogens is 208 g/mol. The number of allylic oxidation sites excluding steroid dienone is 5. The zero-order valence-electron chi connectivity index (χ0n) is 12.2. The minimum atomic E-state index is -0.147. The summed E-state index contributed by atoms with van der Waals surface area (Å²) >= 11 is 0. The second-order valence-corrected chi connectivity index (χ2v) is 5.80. The SMILES string of the molecule is C=C(C(=O)/C(C)=C/CCC=C(C)C)C(C)(C)C. The molecule has 0 aromatic heterocycles. The number of hydrogen-bond acceptors (Lipinski definition) is 1. The van der Waals surface area contributed by atoms with E-state index in [2.05, 4.69) is 26.5 Å². The fraction of sp³-hybridized carbons (Fsp3) is 0.562. The third kappa shape index (κ3) is 6.25. The highest BCUT2D eigenvalue weighted by Crippen LogP contribution is 2.26. The van der Waals surface area contributed by atoms with Gasteiger partial charge in [-0.2, -0.15) is 0 Å². The molecule has 0 aliphatic rings. The van der Waals surface area contributed by atoms with Crippen molar-refractivity contribution in [2.45, 2.75) is 54.4 Å². The molecule has 0 amide bonds. The molecule has 0 aromatic rings. The van der Waals surface area contributed by atoms with Gasteiger partial charge in [-0.3, -0.25) is 4.79 Å². The van der Waals surface area contributed by atoms with Crippen molar-refractivity contribution in [3.05, 3.63) is 35.5 Å². The molecule has 0 radical (unpaired) electrons. The van der Waals surface area contributed by atoms with Crippen molar-refractivity contribution in [3.8, 4) is 0 Å². The summed E-state index contributed by atoms with van der Waals surface area (Å²) in [6, 6.07) is 0. The van der Waals surface area contributed by atoms with E-state index in [0.717, 1.165) is 18.4 Å². The lowest BCUT2D eigenvalue weighted by atomic mass is 9.83. The average Bonchev–Trinajstić information content (AvgIpc) is 2.20. The first kappa shape index (κ1) is 15.9. The fourth-order valence-electron chi connectivity index (χ4n) is 1.34. The van der Waals surface area contributed by atoms with Crippen LogP contribution in [-0.2, 0) is 4.79 Å². The zero-order valence-corrected chi connectivity index (χ0v) is 12.2. The van der Waals surface area contributed by atoms with Crippen molar-refractivity contribution in [1.29, 1.82) is 0 Å². The molecule has 17 heavy (non-hydrogen) atoms. The number of carbonyl (C=O) groups is 1. The monoisotopic (exact) mass is 234 g/mol. The number of Topliss-reactive ketones (excluding diaryl/α,β-unsaturated/α-hetero) is 1. The summed E-state index contributed by atoms with van der Waals surface area (Å²) in [6.07, 6.45) is 6.11. The Bertz CT molecular complexity index is 344. The van der Waals surface area contributed by atoms with Gasteiger partial charge >= 0.3 is 0 Å². The minimum absolute atomic E-state index is 0.0923. The molecule has 1 nitrogen and oxygen atoms in total. The van der Waals surface area contributed by atoms with E-state index >= 15 is 0 Å². The number of rotatable bonds is 5. The average molecular weight is 234 g/mol. The normalized spacial score (nSPS) is 12.2. The summed E-state index contributed by atoms with van der Waals surface area (Å²) in [4.78, 5) is 12.0. The van der Waals surface area contributed by atoms with Gasteiger partial charge in [0.2, 0.25) is 0 Å². The molecule has 0 unspecified atom stereocenters. The maximum atomic E-state index is 12.0. The van der Waals surface area contributed by atoms with Crippen molar-refractivity contribution >= 4 is 5.78 Å². The van der Waals surface area contributed by atoms with Gasteiger partial charge in [0.1, 0.15) is 0 Å². The first-order chi connectivity index (χ1) is 7.66. The molecule has 0 bridgehead atoms. The molecule has 96 valence electrons. The molecule has 0 saturated carbocycles. The van der Waals surface area contributed by atoms with Crippen molar-refractivity contribution in [3.63, 3.8) is 0 Å². The number of hydrogen-bond donors (Lipinski definition) is 0. The van der Waals surface area contributed by atoms with E-state index in [-0.39, 0.29) is 11.2 Å². The highest BCUT2D eigenvalue weighted by Gasteiger charge is 2.21. The first-order valence-corrected chi connectivity index (χ1v) is 6.20. The topological polar surface area (TPSA) is 17.1 Å². The Morgan fingerprint density at radius 2 is 1.53 bits per heavy atom. The zero-order chi connectivity index (χ0) is 13.6. The largest absolute Gasteiger partial charge is 0.289 e. The van der Waals surface area contributed by atoms with Crippen molar-refractivity contribution in [1.82, 2.24) is 0 Å². The lowest BCUT2D eigenvalue weighted by Gasteiger charge is -2.20. The van der Waals surface area contributed by atoms with Crippen molar-refractivity contribution < 1.29 is 4.79 Å². The minimum Gasteiger partial charge on any atom is -0.289 e. The molecule has 0 aromatic carbocycles. The Kier molecular flexibility index (Phi) is 6.15. The van der Waals surface area contributed by atoms with Crippen LogP contribution in [0.2, 0.25) is 0 Å². The van der Waals surface area contributed by atoms with Crippen molar-refractivity contribution in [2.24, 2.45) is 5.41 Å². The van der Waals surface area contributed by atoms with Crippen LogP contribution >= 0.6 is 0 Å². The quantitative estimate of drug-likeness (QED) is 0.377. The van der Waals surface area contributed by atoms with Gasteiger partial charge in [0.25, 0.3) is 0 Å². The van der Waals surface area contributed by atoms with E-state index in [1.54, 1.807) is 0 Å². The third-order valence-corrected chi connectivity index (χ3v) is 2.71. The Morgan fingerprint density at radius 1 is 1.06 bits per heavy atom. The Labute approximate surface area is 106 Å². The van der Waals surface area contributed by atoms with Crippen LogP contribution in [0.4, 0.5) is 0 Å². The second-order valence-electron chi connectivity index (χ2n) is 5.80. The van der Waals surface area contributed by atoms with Gasteiger partial charge in [-0.15, -0.1) is 0 Å². The van der Waals surface area contributed by atoms with Crippen LogP contribution in [0.15, 0.2) is 35.5 Å². The van der Waals surface area contributed by atoms with Gasteiger partial charge in [-0.05, 0) is 50.2 Å². The van der Waals surface area contributed by atoms with Crippen LogP contribution in [0.1, 0.15) is 54.4 Å². The van der Waals surface area contributed by atoms with E-state index < -0.39 is 0 Å². The molecule has 0 aliphatic heterocycles. The number of unbranched alkanes of at least 4 members (excludes halogenated alkanes) is 1. The summed E-state index contributed by atoms with van der Waals surface area (Å²) in [5.41, 5.74) is 2.67. The molecule has 1 heteroatoms. The molecule has 0 N–H and O–H groups in total. The van der Waals surface area contributed by atoms with Gasteiger partial charge in [-0.25, -0.2) is 0 Å². The summed E-state index contributed by atoms with van der Waals surface area (Å²) < 4.78 is 0. The summed E-state index contributed by atoms with van der Waals surface area (Å²) in [5.74, 6) is 0.0923. The van der Waals surface area contributed by atoms with Crippen LogP contribution in [0, 0.1) is 5.41 Å². The number of ketones is 1. The van der Waals surface area contributed by atoms with E-state index in [9.17, 15) is 4.79 Å². The van der Waals surface area contributed by atoms with Crippen LogP contribution in [0.5, 0.6) is 0 Å². The van der Waals surface area contributed by atoms with Crippen molar-refractivity contribution in [2.75, 3.05) is 0 Å². The third-order valence-electron chi connectivity index (χ3n) is 2.71. The molecule has 0 atom stereocenters. The Balaban J connectivity index is 4.46. The molecule has 0 saturated heterocycles. The standard InChI is InChI=1S/C16H26O/c1-12(2)10-8-9-11-13(3)15(17)14(4)16(5,6)7/h10-11H,4,8-9H2,1-3,5-7H3/b13-11+. The molecule has 0 fully saturated rings. The highest BCUT2D eigenvalue weighted by molar-refractivity contribution is 6.08. The van der Waals surface area contributed by atoms with Gasteiger partial charge in [0.05, 0.1) is 0 Å². The predicted octanol–water partition coefficient (Wildman–Crippen LogP) is 4.85. The molecule has 0 heterocycles. The first-order valence-electron chi connectivity index (χ1n) is 6.20. The van der Waals surface area contributed by atoms with Crippen LogP contribution < -0.4 is 0 Å². The van der Waals surface area contributed by atoms with E-state index in [0.29, 0.717) is 5.57 Å². The van der Waals surface area contributed by atoms with E-state index in [1.807, 2.05) is 33.8 Å². The summed E-state index contributed by atoms with van der Waals surface area (Å²) in [7, 11) is 0. The summed E-state index contributed by atoms with van der Waals surface area (Å²) in [5, 5.41) is 0. The van der Waals surface area contributed by atoms with Gasteiger partial charge in [0, 0.05) is 0 Å². The molecular formula is C16H26O. The predicted molar refractivity (Wildman–Crippen MR) is 76.0 cm³/mol. The maximum absolute atomic E-state index is 12.0. The smallest absolute Gasteiger partial charge is 0.184 e. The Hall–Kier alpha value is -1.11. The van der Waals surface area contributed by atoms with E-state index in [4.69, 9.17) is 0 Å². The van der Waals surface area contributed by atoms with Gasteiger partial charge in [0.15, 0.2) is 5.78 Å². The molecule has 0 spiro atoms. The lowest BCUT2D eigenvalue weighted by molar-refractivity contribution is -0.113. The van der Waals surface area contributed by atoms with E-state index in [1.165, 1.54) is 5.57 Å². The molecule has 0 rings (SSSR count). The van der Waals surface area contributed by atoms with Crippen LogP contribution in [0.3, 0.4) is 0 Å².